The summed E-state index contributed by atoms with van der Waals surface area (Å²) in [5.41, 5.74) is 1.04. The summed E-state index contributed by atoms with van der Waals surface area (Å²) in [5, 5.41) is 0. The van der Waals surface area contributed by atoms with E-state index in [4.69, 9.17) is 17.7 Å². The first-order chi connectivity index (χ1) is 8.67. The minimum atomic E-state index is -3.07. The van der Waals surface area contributed by atoms with Gasteiger partial charge in [-0.1, -0.05) is 18.2 Å². The topological polar surface area (TPSA) is 36.9 Å². The fourth-order valence-corrected chi connectivity index (χ4v) is 3.54. The van der Waals surface area contributed by atoms with Crippen molar-refractivity contribution in [3.05, 3.63) is 29.8 Å². The highest BCUT2D eigenvalue weighted by Gasteiger charge is 2.47. The lowest BCUT2D eigenvalue weighted by atomic mass is 10.2. The van der Waals surface area contributed by atoms with Gasteiger partial charge in [-0.25, -0.2) is 0 Å². The zero-order valence-corrected chi connectivity index (χ0v) is 12.6. The standard InChI is InChI=1S/C13H22O4Si/c1-5-14-18(15-6-2,16-7-3)17-13-11-9-8-10-12(13)4/h8-11H,5-7H2,1-4H3. The largest absolute Gasteiger partial charge is 0.749 e. The quantitative estimate of drug-likeness (QED) is 0.681. The van der Waals surface area contributed by atoms with Crippen LogP contribution in [-0.2, 0) is 13.3 Å². The molecular formula is C13H22O4Si. The Labute approximate surface area is 110 Å². The van der Waals surface area contributed by atoms with Gasteiger partial charge >= 0.3 is 9.05 Å². The van der Waals surface area contributed by atoms with Gasteiger partial charge in [-0.3, -0.25) is 0 Å². The van der Waals surface area contributed by atoms with E-state index in [9.17, 15) is 0 Å². The normalized spacial score (nSPS) is 11.6. The van der Waals surface area contributed by atoms with E-state index < -0.39 is 9.05 Å². The molecule has 0 saturated heterocycles. The predicted molar refractivity (Wildman–Crippen MR) is 72.4 cm³/mol. The molecule has 0 N–H and O–H groups in total. The molecule has 18 heavy (non-hydrogen) atoms. The van der Waals surface area contributed by atoms with E-state index >= 15 is 0 Å². The third-order valence-corrected chi connectivity index (χ3v) is 4.69. The third kappa shape index (κ3) is 4.10. The van der Waals surface area contributed by atoms with Gasteiger partial charge in [-0.15, -0.1) is 0 Å². The van der Waals surface area contributed by atoms with Gasteiger partial charge in [-0.2, -0.15) is 0 Å². The first-order valence-electron chi connectivity index (χ1n) is 6.34. The summed E-state index contributed by atoms with van der Waals surface area (Å²) >= 11 is 0. The van der Waals surface area contributed by atoms with Crippen molar-refractivity contribution >= 4 is 9.05 Å². The van der Waals surface area contributed by atoms with Crippen LogP contribution in [0.2, 0.25) is 0 Å². The Bertz CT molecular complexity index is 340. The zero-order chi connectivity index (χ0) is 13.4. The molecule has 0 aromatic heterocycles. The Kier molecular flexibility index (Phi) is 6.35. The van der Waals surface area contributed by atoms with E-state index in [1.807, 2.05) is 52.0 Å². The zero-order valence-electron chi connectivity index (χ0n) is 11.6. The summed E-state index contributed by atoms with van der Waals surface area (Å²) in [7, 11) is -3.07. The van der Waals surface area contributed by atoms with Crippen molar-refractivity contribution in [1.29, 1.82) is 0 Å². The first kappa shape index (κ1) is 15.2. The summed E-state index contributed by atoms with van der Waals surface area (Å²) in [5.74, 6) is 0.750. The first-order valence-corrected chi connectivity index (χ1v) is 7.97. The molecule has 0 heterocycles. The number of hydrogen-bond acceptors (Lipinski definition) is 4. The highest BCUT2D eigenvalue weighted by Crippen LogP contribution is 2.22. The van der Waals surface area contributed by atoms with Crippen molar-refractivity contribution in [1.82, 2.24) is 0 Å². The fourth-order valence-electron chi connectivity index (χ4n) is 1.55. The minimum Gasteiger partial charge on any atom is -0.480 e. The average Bonchev–Trinajstić information content (AvgIpc) is 2.33. The Balaban J connectivity index is 2.91. The van der Waals surface area contributed by atoms with Gasteiger partial charge < -0.3 is 17.7 Å². The summed E-state index contributed by atoms with van der Waals surface area (Å²) in [6.07, 6.45) is 0. The lowest BCUT2D eigenvalue weighted by Gasteiger charge is -2.27. The minimum absolute atomic E-state index is 0.498. The Morgan fingerprint density at radius 2 is 1.39 bits per heavy atom. The number of benzene rings is 1. The third-order valence-electron chi connectivity index (χ3n) is 2.29. The molecular weight excluding hydrogens is 248 g/mol. The Morgan fingerprint density at radius 3 is 1.83 bits per heavy atom. The maximum absolute atomic E-state index is 5.93. The lowest BCUT2D eigenvalue weighted by Crippen LogP contribution is -2.52. The fraction of sp³-hybridized carbons (Fsp3) is 0.538. The van der Waals surface area contributed by atoms with Gasteiger partial charge in [0.15, 0.2) is 0 Å². The van der Waals surface area contributed by atoms with E-state index in [1.54, 1.807) is 0 Å². The molecule has 1 aromatic rings. The summed E-state index contributed by atoms with van der Waals surface area (Å²) in [4.78, 5) is 0. The van der Waals surface area contributed by atoms with Crippen LogP contribution in [0.15, 0.2) is 24.3 Å². The van der Waals surface area contributed by atoms with E-state index in [2.05, 4.69) is 0 Å². The van der Waals surface area contributed by atoms with Crippen LogP contribution in [0, 0.1) is 6.92 Å². The van der Waals surface area contributed by atoms with Crippen LogP contribution in [0.3, 0.4) is 0 Å². The summed E-state index contributed by atoms with van der Waals surface area (Å²) in [6.45, 7) is 9.19. The molecule has 0 aliphatic heterocycles. The van der Waals surface area contributed by atoms with Crippen LogP contribution in [0.25, 0.3) is 0 Å². The molecule has 1 rings (SSSR count). The number of aryl methyl sites for hydroxylation is 1. The second-order valence-electron chi connectivity index (χ2n) is 3.67. The van der Waals surface area contributed by atoms with Crippen molar-refractivity contribution in [2.24, 2.45) is 0 Å². The predicted octanol–water partition coefficient (Wildman–Crippen LogP) is 2.92. The van der Waals surface area contributed by atoms with Crippen molar-refractivity contribution in [3.63, 3.8) is 0 Å². The number of hydrogen-bond donors (Lipinski definition) is 0. The molecule has 1 aromatic carbocycles. The van der Waals surface area contributed by atoms with Gasteiger partial charge in [0.25, 0.3) is 0 Å². The average molecular weight is 270 g/mol. The number of para-hydroxylation sites is 1. The molecule has 0 saturated carbocycles. The Hall–Kier alpha value is -0.883. The maximum atomic E-state index is 5.93. The van der Waals surface area contributed by atoms with Crippen molar-refractivity contribution in [3.8, 4) is 5.75 Å². The van der Waals surface area contributed by atoms with Crippen LogP contribution in [0.1, 0.15) is 26.3 Å². The second-order valence-corrected chi connectivity index (χ2v) is 5.74. The molecule has 0 unspecified atom stereocenters. The summed E-state index contributed by atoms with van der Waals surface area (Å²) < 4.78 is 22.9. The van der Waals surface area contributed by atoms with Crippen LogP contribution in [0.5, 0.6) is 5.75 Å². The lowest BCUT2D eigenvalue weighted by molar-refractivity contribution is 0.00950. The molecule has 4 nitrogen and oxygen atoms in total. The Morgan fingerprint density at radius 1 is 0.889 bits per heavy atom. The highest BCUT2D eigenvalue weighted by molar-refractivity contribution is 6.54. The molecule has 102 valence electrons. The monoisotopic (exact) mass is 270 g/mol. The molecule has 0 bridgehead atoms. The second kappa shape index (κ2) is 7.53. The maximum Gasteiger partial charge on any atom is 0.749 e. The molecule has 0 fully saturated rings. The van der Waals surface area contributed by atoms with Crippen molar-refractivity contribution in [2.75, 3.05) is 19.8 Å². The molecule has 0 amide bonds. The van der Waals surface area contributed by atoms with E-state index in [0.29, 0.717) is 19.8 Å². The van der Waals surface area contributed by atoms with Crippen LogP contribution < -0.4 is 4.43 Å². The van der Waals surface area contributed by atoms with Crippen LogP contribution in [-0.4, -0.2) is 28.9 Å². The molecule has 5 heteroatoms. The van der Waals surface area contributed by atoms with Gasteiger partial charge in [0.05, 0.1) is 0 Å². The van der Waals surface area contributed by atoms with Gasteiger partial charge in [-0.05, 0) is 39.3 Å². The smallest absolute Gasteiger partial charge is 0.480 e. The van der Waals surface area contributed by atoms with Gasteiger partial charge in [0, 0.05) is 19.8 Å². The van der Waals surface area contributed by atoms with E-state index in [1.165, 1.54) is 0 Å². The van der Waals surface area contributed by atoms with E-state index in [0.717, 1.165) is 11.3 Å². The van der Waals surface area contributed by atoms with Crippen LogP contribution >= 0.6 is 0 Å². The SMILES string of the molecule is CCO[Si](OCC)(OCC)Oc1ccccc1C. The molecule has 0 aliphatic rings. The van der Waals surface area contributed by atoms with Gasteiger partial charge in [0.2, 0.25) is 0 Å². The van der Waals surface area contributed by atoms with Gasteiger partial charge in [0.1, 0.15) is 5.75 Å². The summed E-state index contributed by atoms with van der Waals surface area (Å²) in [6, 6.07) is 7.77. The molecule has 0 radical (unpaired) electrons. The molecule has 0 spiro atoms. The van der Waals surface area contributed by atoms with Crippen LogP contribution in [0.4, 0.5) is 0 Å². The number of rotatable bonds is 8. The highest BCUT2D eigenvalue weighted by atomic mass is 28.4. The van der Waals surface area contributed by atoms with Crippen molar-refractivity contribution in [2.45, 2.75) is 27.7 Å². The molecule has 0 aliphatic carbocycles. The molecule has 0 atom stereocenters. The van der Waals surface area contributed by atoms with E-state index in [-0.39, 0.29) is 0 Å². The van der Waals surface area contributed by atoms with Crippen molar-refractivity contribution < 1.29 is 17.7 Å².